The summed E-state index contributed by atoms with van der Waals surface area (Å²) in [6.07, 6.45) is 0.169. The minimum Gasteiger partial charge on any atom is -0.508 e. The van der Waals surface area contributed by atoms with Crippen LogP contribution in [0.3, 0.4) is 0 Å². The molecule has 0 aliphatic heterocycles. The van der Waals surface area contributed by atoms with E-state index in [9.17, 15) is 5.11 Å². The fourth-order valence-corrected chi connectivity index (χ4v) is 1.99. The molecule has 18 heavy (non-hydrogen) atoms. The lowest BCUT2D eigenvalue weighted by molar-refractivity contribution is 0.117. The third kappa shape index (κ3) is 2.81. The Morgan fingerprint density at radius 2 is 2.00 bits per heavy atom. The first kappa shape index (κ1) is 12.9. The summed E-state index contributed by atoms with van der Waals surface area (Å²) in [7, 11) is 1.70. The molecular formula is C15H19NO2. The highest BCUT2D eigenvalue weighted by molar-refractivity contribution is 5.87. The van der Waals surface area contributed by atoms with Crippen LogP contribution < -0.4 is 5.32 Å². The van der Waals surface area contributed by atoms with Gasteiger partial charge in [0.05, 0.1) is 6.10 Å². The molecule has 0 heterocycles. The van der Waals surface area contributed by atoms with Crippen LogP contribution in [-0.2, 0) is 11.3 Å². The monoisotopic (exact) mass is 245 g/mol. The van der Waals surface area contributed by atoms with Gasteiger partial charge in [0.1, 0.15) is 5.75 Å². The lowest BCUT2D eigenvalue weighted by Crippen LogP contribution is -2.25. The van der Waals surface area contributed by atoms with Crippen LogP contribution >= 0.6 is 0 Å². The maximum Gasteiger partial charge on any atom is 0.120 e. The Balaban J connectivity index is 2.18. The molecule has 0 saturated carbocycles. The molecule has 1 unspecified atom stereocenters. The second-order valence-electron chi connectivity index (χ2n) is 4.46. The van der Waals surface area contributed by atoms with Crippen molar-refractivity contribution in [1.29, 1.82) is 0 Å². The van der Waals surface area contributed by atoms with Gasteiger partial charge >= 0.3 is 0 Å². The van der Waals surface area contributed by atoms with E-state index in [0.717, 1.165) is 22.9 Å². The number of methoxy groups -OCH3 is 1. The number of hydrogen-bond acceptors (Lipinski definition) is 3. The Morgan fingerprint density at radius 3 is 2.78 bits per heavy atom. The van der Waals surface area contributed by atoms with Crippen molar-refractivity contribution < 1.29 is 9.84 Å². The summed E-state index contributed by atoms with van der Waals surface area (Å²) >= 11 is 0. The number of benzene rings is 2. The summed E-state index contributed by atoms with van der Waals surface area (Å²) in [5, 5.41) is 15.5. The van der Waals surface area contributed by atoms with Gasteiger partial charge in [0.25, 0.3) is 0 Å². The van der Waals surface area contributed by atoms with Gasteiger partial charge in [-0.15, -0.1) is 0 Å². The summed E-state index contributed by atoms with van der Waals surface area (Å²) < 4.78 is 5.18. The molecule has 0 fully saturated rings. The molecule has 0 radical (unpaired) electrons. The zero-order valence-electron chi connectivity index (χ0n) is 10.8. The lowest BCUT2D eigenvalue weighted by atomic mass is 10.0. The molecule has 2 rings (SSSR count). The normalized spacial score (nSPS) is 12.8. The van der Waals surface area contributed by atoms with E-state index in [1.807, 2.05) is 31.2 Å². The van der Waals surface area contributed by atoms with Crippen molar-refractivity contribution in [3.63, 3.8) is 0 Å². The highest BCUT2D eigenvalue weighted by atomic mass is 16.5. The SMILES string of the molecule is COC(C)CNCc1c(O)ccc2ccccc12. The van der Waals surface area contributed by atoms with Gasteiger partial charge in [-0.2, -0.15) is 0 Å². The van der Waals surface area contributed by atoms with Crippen molar-refractivity contribution in [3.8, 4) is 5.75 Å². The van der Waals surface area contributed by atoms with Crippen LogP contribution in [-0.4, -0.2) is 24.9 Å². The summed E-state index contributed by atoms with van der Waals surface area (Å²) in [5.74, 6) is 0.339. The third-order valence-electron chi connectivity index (χ3n) is 3.15. The second kappa shape index (κ2) is 5.85. The third-order valence-corrected chi connectivity index (χ3v) is 3.15. The van der Waals surface area contributed by atoms with E-state index in [0.29, 0.717) is 12.3 Å². The van der Waals surface area contributed by atoms with E-state index in [4.69, 9.17) is 4.74 Å². The van der Waals surface area contributed by atoms with Gasteiger partial charge < -0.3 is 15.2 Å². The predicted octanol–water partition coefficient (Wildman–Crippen LogP) is 2.67. The van der Waals surface area contributed by atoms with Crippen molar-refractivity contribution in [3.05, 3.63) is 42.0 Å². The van der Waals surface area contributed by atoms with Crippen LogP contribution in [0.2, 0.25) is 0 Å². The maximum atomic E-state index is 9.96. The average molecular weight is 245 g/mol. The number of hydrogen-bond donors (Lipinski definition) is 2. The summed E-state index contributed by atoms with van der Waals surface area (Å²) in [6.45, 7) is 3.41. The van der Waals surface area contributed by atoms with E-state index in [2.05, 4.69) is 11.4 Å². The van der Waals surface area contributed by atoms with Gasteiger partial charge in [-0.3, -0.25) is 0 Å². The highest BCUT2D eigenvalue weighted by Crippen LogP contribution is 2.26. The smallest absolute Gasteiger partial charge is 0.120 e. The van der Waals surface area contributed by atoms with Crippen LogP contribution in [0.1, 0.15) is 12.5 Å². The number of phenols is 1. The topological polar surface area (TPSA) is 41.5 Å². The Morgan fingerprint density at radius 1 is 1.22 bits per heavy atom. The average Bonchev–Trinajstić information content (AvgIpc) is 2.41. The van der Waals surface area contributed by atoms with Crippen molar-refractivity contribution in [2.24, 2.45) is 0 Å². The van der Waals surface area contributed by atoms with E-state index in [1.54, 1.807) is 13.2 Å². The van der Waals surface area contributed by atoms with E-state index in [1.165, 1.54) is 0 Å². The summed E-state index contributed by atoms with van der Waals surface area (Å²) in [6, 6.07) is 11.8. The van der Waals surface area contributed by atoms with Crippen molar-refractivity contribution >= 4 is 10.8 Å². The first-order chi connectivity index (χ1) is 8.72. The standard InChI is InChI=1S/C15H19NO2/c1-11(18-2)9-16-10-14-13-6-4-3-5-12(13)7-8-15(14)17/h3-8,11,16-17H,9-10H2,1-2H3. The predicted molar refractivity (Wildman–Crippen MR) is 73.8 cm³/mol. The zero-order valence-corrected chi connectivity index (χ0v) is 10.8. The molecule has 0 bridgehead atoms. The lowest BCUT2D eigenvalue weighted by Gasteiger charge is -2.13. The molecule has 0 aliphatic rings. The first-order valence-electron chi connectivity index (χ1n) is 6.15. The molecule has 2 aromatic carbocycles. The number of nitrogens with one attached hydrogen (secondary N) is 1. The quantitative estimate of drug-likeness (QED) is 0.851. The zero-order chi connectivity index (χ0) is 13.0. The van der Waals surface area contributed by atoms with Gasteiger partial charge in [0.2, 0.25) is 0 Å². The van der Waals surface area contributed by atoms with E-state index in [-0.39, 0.29) is 6.10 Å². The van der Waals surface area contributed by atoms with Crippen LogP contribution in [0.15, 0.2) is 36.4 Å². The van der Waals surface area contributed by atoms with Gasteiger partial charge in [-0.1, -0.05) is 30.3 Å². The van der Waals surface area contributed by atoms with E-state index < -0.39 is 0 Å². The van der Waals surface area contributed by atoms with Crippen molar-refractivity contribution in [2.75, 3.05) is 13.7 Å². The Labute approximate surface area is 107 Å². The fraction of sp³-hybridized carbons (Fsp3) is 0.333. The van der Waals surface area contributed by atoms with Crippen molar-refractivity contribution in [2.45, 2.75) is 19.6 Å². The first-order valence-corrected chi connectivity index (χ1v) is 6.15. The van der Waals surface area contributed by atoms with Gasteiger partial charge in [-0.25, -0.2) is 0 Å². The minimum absolute atomic E-state index is 0.169. The molecule has 0 saturated heterocycles. The number of phenolic OH excluding ortho intramolecular Hbond substituents is 1. The minimum atomic E-state index is 0.169. The largest absolute Gasteiger partial charge is 0.508 e. The van der Waals surface area contributed by atoms with Gasteiger partial charge in [-0.05, 0) is 23.8 Å². The molecule has 3 nitrogen and oxygen atoms in total. The number of fused-ring (bicyclic) bond motifs is 1. The molecule has 0 aromatic heterocycles. The molecule has 2 N–H and O–H groups in total. The summed E-state index contributed by atoms with van der Waals surface area (Å²) in [5.41, 5.74) is 0.941. The Kier molecular flexibility index (Phi) is 4.18. The molecule has 0 spiro atoms. The molecule has 0 aliphatic carbocycles. The van der Waals surface area contributed by atoms with Gasteiger partial charge in [0.15, 0.2) is 0 Å². The van der Waals surface area contributed by atoms with E-state index >= 15 is 0 Å². The highest BCUT2D eigenvalue weighted by Gasteiger charge is 2.07. The Bertz CT molecular complexity index is 525. The molecule has 0 amide bonds. The van der Waals surface area contributed by atoms with Crippen LogP contribution in [0.4, 0.5) is 0 Å². The van der Waals surface area contributed by atoms with Crippen LogP contribution in [0, 0.1) is 0 Å². The fourth-order valence-electron chi connectivity index (χ4n) is 1.99. The molecular weight excluding hydrogens is 226 g/mol. The molecule has 1 atom stereocenters. The molecule has 96 valence electrons. The number of aromatic hydroxyl groups is 1. The van der Waals surface area contributed by atoms with Crippen LogP contribution in [0.5, 0.6) is 5.75 Å². The second-order valence-corrected chi connectivity index (χ2v) is 4.46. The molecule has 2 aromatic rings. The van der Waals surface area contributed by atoms with Crippen LogP contribution in [0.25, 0.3) is 10.8 Å². The van der Waals surface area contributed by atoms with Gasteiger partial charge in [0, 0.05) is 25.8 Å². The summed E-state index contributed by atoms with van der Waals surface area (Å²) in [4.78, 5) is 0. The number of ether oxygens (including phenoxy) is 1. The maximum absolute atomic E-state index is 9.96. The van der Waals surface area contributed by atoms with Crippen molar-refractivity contribution in [1.82, 2.24) is 5.32 Å². The number of rotatable bonds is 5. The Hall–Kier alpha value is -1.58. The molecule has 3 heteroatoms.